The first-order valence-electron chi connectivity index (χ1n) is 12.5. The number of hydrogen-bond donors (Lipinski definition) is 1. The van der Waals surface area contributed by atoms with E-state index in [1.165, 1.54) is 29.3 Å². The van der Waals surface area contributed by atoms with E-state index in [9.17, 15) is 14.4 Å². The van der Waals surface area contributed by atoms with Gasteiger partial charge in [0, 0.05) is 20.6 Å². The summed E-state index contributed by atoms with van der Waals surface area (Å²) in [6.45, 7) is 10.4. The molecule has 0 saturated heterocycles. The van der Waals surface area contributed by atoms with Crippen molar-refractivity contribution in [2.75, 3.05) is 32.3 Å². The van der Waals surface area contributed by atoms with Gasteiger partial charge in [0.2, 0.25) is 5.91 Å². The van der Waals surface area contributed by atoms with E-state index in [-0.39, 0.29) is 34.2 Å². The molecule has 0 aliphatic heterocycles. The van der Waals surface area contributed by atoms with E-state index >= 15 is 0 Å². The van der Waals surface area contributed by atoms with Crippen LogP contribution in [0.25, 0.3) is 0 Å². The molecule has 39 heavy (non-hydrogen) atoms. The first-order chi connectivity index (χ1) is 18.5. The number of esters is 1. The largest absolute Gasteiger partial charge is 0.483 e. The molecular weight excluding hydrogens is 538 g/mol. The van der Waals surface area contributed by atoms with E-state index < -0.39 is 5.97 Å². The molecule has 2 amide bonds. The third-order valence-corrected chi connectivity index (χ3v) is 8.17. The Morgan fingerprint density at radius 1 is 1.13 bits per heavy atom. The van der Waals surface area contributed by atoms with Crippen LogP contribution in [0.2, 0.25) is 0 Å². The molecule has 3 aromatic rings. The minimum Gasteiger partial charge on any atom is -0.483 e. The second-order valence-corrected chi connectivity index (χ2v) is 11.3. The average molecular weight is 574 g/mol. The zero-order valence-electron chi connectivity index (χ0n) is 23.5. The summed E-state index contributed by atoms with van der Waals surface area (Å²) < 4.78 is 12.9. The molecule has 0 radical (unpaired) electrons. The van der Waals surface area contributed by atoms with Crippen LogP contribution < -0.4 is 10.1 Å². The van der Waals surface area contributed by atoms with Gasteiger partial charge in [-0.25, -0.2) is 4.79 Å². The van der Waals surface area contributed by atoms with Gasteiger partial charge in [-0.3, -0.25) is 9.59 Å². The van der Waals surface area contributed by atoms with Gasteiger partial charge in [0.15, 0.2) is 17.1 Å². The Morgan fingerprint density at radius 2 is 1.79 bits per heavy atom. The molecule has 0 aliphatic carbocycles. The molecule has 3 rings (SSSR count). The summed E-state index contributed by atoms with van der Waals surface area (Å²) in [6.07, 6.45) is -0.352. The van der Waals surface area contributed by atoms with Gasteiger partial charge in [-0.05, 0) is 49.9 Å². The highest BCUT2D eigenvalue weighted by Gasteiger charge is 2.27. The van der Waals surface area contributed by atoms with E-state index in [0.717, 1.165) is 17.1 Å². The Kier molecular flexibility index (Phi) is 10.1. The van der Waals surface area contributed by atoms with Crippen molar-refractivity contribution in [1.29, 1.82) is 0 Å². The van der Waals surface area contributed by atoms with Gasteiger partial charge >= 0.3 is 5.97 Å². The maximum absolute atomic E-state index is 12.9. The molecule has 2 aromatic heterocycles. The molecule has 12 heteroatoms. The van der Waals surface area contributed by atoms with E-state index in [2.05, 4.69) is 41.5 Å². The van der Waals surface area contributed by atoms with Crippen molar-refractivity contribution in [3.05, 3.63) is 51.7 Å². The molecule has 0 aliphatic rings. The van der Waals surface area contributed by atoms with Gasteiger partial charge in [-0.15, -0.1) is 21.5 Å². The normalized spacial score (nSPS) is 11.8. The van der Waals surface area contributed by atoms with Crippen molar-refractivity contribution >= 4 is 45.9 Å². The van der Waals surface area contributed by atoms with Crippen molar-refractivity contribution in [3.8, 4) is 5.75 Å². The highest BCUT2D eigenvalue weighted by Crippen LogP contribution is 2.35. The lowest BCUT2D eigenvalue weighted by Gasteiger charge is -2.16. The maximum Gasteiger partial charge on any atom is 0.341 e. The minimum atomic E-state index is -0.618. The van der Waals surface area contributed by atoms with Crippen molar-refractivity contribution in [2.24, 2.45) is 0 Å². The predicted molar refractivity (Wildman–Crippen MR) is 153 cm³/mol. The number of aromatic nitrogens is 3. The number of carbonyl (C=O) groups excluding carboxylic acids is 3. The van der Waals surface area contributed by atoms with Crippen molar-refractivity contribution < 1.29 is 23.9 Å². The zero-order valence-corrected chi connectivity index (χ0v) is 25.2. The molecule has 2 heterocycles. The summed E-state index contributed by atoms with van der Waals surface area (Å²) in [5.41, 5.74) is 1.88. The number of carbonyl (C=O) groups is 3. The SMILES string of the molecule is CCn1c(SCC(=O)Nc2sc(C(=O)N(C)C)c(C)c2C(=O)OC)nnc1C(C)Oc1ccc(C(C)C)cc1. The van der Waals surface area contributed by atoms with Crippen LogP contribution in [-0.2, 0) is 16.1 Å². The van der Waals surface area contributed by atoms with Crippen LogP contribution in [0.1, 0.15) is 76.7 Å². The van der Waals surface area contributed by atoms with Gasteiger partial charge in [-0.1, -0.05) is 37.7 Å². The monoisotopic (exact) mass is 573 g/mol. The summed E-state index contributed by atoms with van der Waals surface area (Å²) in [5, 5.41) is 12.2. The third-order valence-electron chi connectivity index (χ3n) is 6.01. The Bertz CT molecular complexity index is 1330. The van der Waals surface area contributed by atoms with Gasteiger partial charge in [0.05, 0.1) is 23.3 Å². The highest BCUT2D eigenvalue weighted by molar-refractivity contribution is 7.99. The van der Waals surface area contributed by atoms with Crippen LogP contribution >= 0.6 is 23.1 Å². The fourth-order valence-corrected chi connectivity index (χ4v) is 5.88. The summed E-state index contributed by atoms with van der Waals surface area (Å²) in [6, 6.07) is 8.00. The number of nitrogens with one attached hydrogen (secondary N) is 1. The summed E-state index contributed by atoms with van der Waals surface area (Å²) in [7, 11) is 4.51. The van der Waals surface area contributed by atoms with Crippen molar-refractivity contribution in [2.45, 2.75) is 58.3 Å². The number of hydrogen-bond acceptors (Lipinski definition) is 9. The first kappa shape index (κ1) is 30.2. The number of thioether (sulfide) groups is 1. The standard InChI is InChI=1S/C27H35N5O5S2/c1-9-32-23(17(5)37-19-12-10-18(11-13-19)15(2)3)29-30-27(32)38-14-20(33)28-24-21(26(35)36-8)16(4)22(39-24)25(34)31(6)7/h10-13,15,17H,9,14H2,1-8H3,(H,28,33). The lowest BCUT2D eigenvalue weighted by atomic mass is 10.0. The van der Waals surface area contributed by atoms with Crippen molar-refractivity contribution in [1.82, 2.24) is 19.7 Å². The number of ether oxygens (including phenoxy) is 2. The fourth-order valence-electron chi connectivity index (χ4n) is 3.84. The second-order valence-electron chi connectivity index (χ2n) is 9.36. The molecule has 0 saturated carbocycles. The topological polar surface area (TPSA) is 116 Å². The Labute approximate surface area is 237 Å². The molecule has 0 bridgehead atoms. The summed E-state index contributed by atoms with van der Waals surface area (Å²) in [4.78, 5) is 39.6. The van der Waals surface area contributed by atoms with Gasteiger partial charge in [0.25, 0.3) is 5.91 Å². The number of nitrogens with zero attached hydrogens (tertiary/aromatic N) is 4. The van der Waals surface area contributed by atoms with E-state index in [0.29, 0.717) is 33.9 Å². The lowest BCUT2D eigenvalue weighted by Crippen LogP contribution is -2.21. The first-order valence-corrected chi connectivity index (χ1v) is 14.3. The molecule has 1 N–H and O–H groups in total. The Balaban J connectivity index is 1.71. The zero-order chi connectivity index (χ0) is 28.9. The molecule has 210 valence electrons. The predicted octanol–water partition coefficient (Wildman–Crippen LogP) is 5.15. The van der Waals surface area contributed by atoms with Crippen LogP contribution in [-0.4, -0.2) is 64.4 Å². The number of methoxy groups -OCH3 is 1. The molecule has 0 fully saturated rings. The van der Waals surface area contributed by atoms with Crippen LogP contribution in [0.3, 0.4) is 0 Å². The van der Waals surface area contributed by atoms with Crippen LogP contribution in [0, 0.1) is 6.92 Å². The summed E-state index contributed by atoms with van der Waals surface area (Å²) >= 11 is 2.28. The molecule has 1 aromatic carbocycles. The van der Waals surface area contributed by atoms with Gasteiger partial charge in [-0.2, -0.15) is 0 Å². The van der Waals surface area contributed by atoms with Gasteiger partial charge in [0.1, 0.15) is 10.8 Å². The second kappa shape index (κ2) is 13.1. The molecule has 1 atom stereocenters. The maximum atomic E-state index is 12.9. The van der Waals surface area contributed by atoms with Gasteiger partial charge < -0.3 is 24.3 Å². The molecule has 1 unspecified atom stereocenters. The number of amides is 2. The van der Waals surface area contributed by atoms with Crippen LogP contribution in [0.5, 0.6) is 5.75 Å². The van der Waals surface area contributed by atoms with E-state index in [4.69, 9.17) is 9.47 Å². The lowest BCUT2D eigenvalue weighted by molar-refractivity contribution is -0.113. The van der Waals surface area contributed by atoms with E-state index in [1.807, 2.05) is 30.5 Å². The Hall–Kier alpha value is -3.38. The quantitative estimate of drug-likeness (QED) is 0.247. The van der Waals surface area contributed by atoms with Crippen molar-refractivity contribution in [3.63, 3.8) is 0 Å². The number of benzene rings is 1. The molecule has 10 nitrogen and oxygen atoms in total. The van der Waals surface area contributed by atoms with E-state index in [1.54, 1.807) is 21.0 Å². The van der Waals surface area contributed by atoms with Crippen LogP contribution in [0.15, 0.2) is 29.4 Å². The molecule has 0 spiro atoms. The fraction of sp³-hybridized carbons (Fsp3) is 0.444. The summed E-state index contributed by atoms with van der Waals surface area (Å²) in [5.74, 6) is 0.638. The van der Waals surface area contributed by atoms with Crippen LogP contribution in [0.4, 0.5) is 5.00 Å². The number of anilines is 1. The minimum absolute atomic E-state index is 0.0263. The molecular formula is C27H35N5O5S2. The number of thiophene rings is 1. The Morgan fingerprint density at radius 3 is 2.36 bits per heavy atom. The highest BCUT2D eigenvalue weighted by atomic mass is 32.2. The average Bonchev–Trinajstić information content (AvgIpc) is 3.46. The number of rotatable bonds is 11. The third kappa shape index (κ3) is 6.99. The smallest absolute Gasteiger partial charge is 0.341 e.